The normalized spacial score (nSPS) is 12.2. The van der Waals surface area contributed by atoms with Gasteiger partial charge in [0.05, 0.1) is 19.1 Å². The maximum atomic E-state index is 13.4. The second-order valence-corrected chi connectivity index (χ2v) is 10.3. The first-order chi connectivity index (χ1) is 15.4. The Morgan fingerprint density at radius 3 is 2.33 bits per heavy atom. The van der Waals surface area contributed by atoms with Crippen LogP contribution < -0.4 is 14.4 Å². The summed E-state index contributed by atoms with van der Waals surface area (Å²) in [5, 5.41) is 3.14. The molecule has 0 bridgehead atoms. The molecule has 0 heterocycles. The van der Waals surface area contributed by atoms with Gasteiger partial charge in [-0.25, -0.2) is 8.42 Å². The predicted molar refractivity (Wildman–Crippen MR) is 130 cm³/mol. The number of nitrogens with zero attached hydrogens (tertiary/aromatic N) is 2. The first kappa shape index (κ1) is 26.5. The molecule has 10 heteroatoms. The quantitative estimate of drug-likeness (QED) is 0.546. The number of carbonyl (C=O) groups excluding carboxylic acids is 2. The highest BCUT2D eigenvalue weighted by molar-refractivity contribution is 7.92. The highest BCUT2D eigenvalue weighted by atomic mass is 35.5. The maximum Gasteiger partial charge on any atom is 0.244 e. The molecular weight excluding hydrogens is 466 g/mol. The van der Waals surface area contributed by atoms with Crippen LogP contribution in [0.3, 0.4) is 0 Å². The largest absolute Gasteiger partial charge is 0.497 e. The van der Waals surface area contributed by atoms with E-state index in [0.29, 0.717) is 10.8 Å². The molecule has 0 saturated heterocycles. The third kappa shape index (κ3) is 7.64. The fraction of sp³-hybridized carbons (Fsp3) is 0.391. The van der Waals surface area contributed by atoms with Crippen molar-refractivity contribution in [1.29, 1.82) is 0 Å². The molecular formula is C23H30ClN3O5S. The summed E-state index contributed by atoms with van der Waals surface area (Å²) < 4.78 is 31.2. The number of sulfonamides is 1. The van der Waals surface area contributed by atoms with E-state index in [9.17, 15) is 18.0 Å². The second kappa shape index (κ2) is 11.4. The van der Waals surface area contributed by atoms with Gasteiger partial charge in [0.1, 0.15) is 18.3 Å². The van der Waals surface area contributed by atoms with E-state index in [1.54, 1.807) is 49.4 Å². The van der Waals surface area contributed by atoms with E-state index in [0.717, 1.165) is 16.1 Å². The summed E-state index contributed by atoms with van der Waals surface area (Å²) in [7, 11) is -2.27. The number of anilines is 1. The Balaban J connectivity index is 2.40. The van der Waals surface area contributed by atoms with Crippen molar-refractivity contribution in [2.24, 2.45) is 0 Å². The van der Waals surface area contributed by atoms with Crippen LogP contribution in [0.4, 0.5) is 5.69 Å². The Bertz CT molecular complexity index is 1090. The molecule has 0 radical (unpaired) electrons. The molecule has 2 aromatic rings. The predicted octanol–water partition coefficient (Wildman–Crippen LogP) is 3.06. The molecule has 0 aliphatic carbocycles. The average Bonchev–Trinajstić information content (AvgIpc) is 2.74. The highest BCUT2D eigenvalue weighted by Gasteiger charge is 2.30. The van der Waals surface area contributed by atoms with Crippen LogP contribution in [0.2, 0.25) is 5.02 Å². The lowest BCUT2D eigenvalue weighted by Gasteiger charge is -2.32. The molecule has 1 N–H and O–H groups in total. The standard InChI is InChI=1S/C23H30ClN3O5S/c1-16(2)25-23(29)17(3)26(14-18-8-6-11-21(12-18)32-4)22(28)15-27(33(5,30)31)20-10-7-9-19(24)13-20/h6-13,16-17H,14-15H2,1-5H3,(H,25,29)/t17-/m1/s1. The minimum atomic E-state index is -3.81. The van der Waals surface area contributed by atoms with E-state index in [1.165, 1.54) is 18.1 Å². The second-order valence-electron chi connectivity index (χ2n) is 7.96. The van der Waals surface area contributed by atoms with Crippen LogP contribution in [-0.4, -0.2) is 57.1 Å². The topological polar surface area (TPSA) is 96.0 Å². The number of halogens is 1. The summed E-state index contributed by atoms with van der Waals surface area (Å²) in [5.41, 5.74) is 1.000. The monoisotopic (exact) mass is 495 g/mol. The molecule has 0 saturated carbocycles. The molecule has 180 valence electrons. The SMILES string of the molecule is COc1cccc(CN(C(=O)CN(c2cccc(Cl)c2)S(C)(=O)=O)[C@H](C)C(=O)NC(C)C)c1. The van der Waals surface area contributed by atoms with Crippen molar-refractivity contribution < 1.29 is 22.7 Å². The lowest BCUT2D eigenvalue weighted by Crippen LogP contribution is -2.52. The lowest BCUT2D eigenvalue weighted by atomic mass is 10.1. The van der Waals surface area contributed by atoms with Crippen LogP contribution in [0.25, 0.3) is 0 Å². The number of methoxy groups -OCH3 is 1. The summed E-state index contributed by atoms with van der Waals surface area (Å²) in [6.07, 6.45) is 1.02. The summed E-state index contributed by atoms with van der Waals surface area (Å²) in [4.78, 5) is 27.5. The van der Waals surface area contributed by atoms with Crippen molar-refractivity contribution in [1.82, 2.24) is 10.2 Å². The molecule has 0 aliphatic heterocycles. The molecule has 0 spiro atoms. The number of ether oxygens (including phenoxy) is 1. The van der Waals surface area contributed by atoms with Gasteiger partial charge >= 0.3 is 0 Å². The zero-order valence-corrected chi connectivity index (χ0v) is 21.0. The Labute approximate surface area is 200 Å². The van der Waals surface area contributed by atoms with Crippen molar-refractivity contribution in [3.8, 4) is 5.75 Å². The van der Waals surface area contributed by atoms with Gasteiger partial charge in [0.2, 0.25) is 21.8 Å². The van der Waals surface area contributed by atoms with E-state index >= 15 is 0 Å². The van der Waals surface area contributed by atoms with Gasteiger partial charge in [-0.3, -0.25) is 13.9 Å². The fourth-order valence-corrected chi connectivity index (χ4v) is 4.23. The summed E-state index contributed by atoms with van der Waals surface area (Å²) in [6.45, 7) is 4.87. The summed E-state index contributed by atoms with van der Waals surface area (Å²) in [5.74, 6) is -0.264. The molecule has 0 aromatic heterocycles. The van der Waals surface area contributed by atoms with Gasteiger partial charge in [0, 0.05) is 17.6 Å². The molecule has 2 rings (SSSR count). The molecule has 33 heavy (non-hydrogen) atoms. The summed E-state index contributed by atoms with van der Waals surface area (Å²) in [6, 6.07) is 12.4. The molecule has 0 fully saturated rings. The number of rotatable bonds is 10. The van der Waals surface area contributed by atoms with Crippen molar-refractivity contribution in [2.75, 3.05) is 24.2 Å². The minimum Gasteiger partial charge on any atom is -0.497 e. The maximum absolute atomic E-state index is 13.4. The lowest BCUT2D eigenvalue weighted by molar-refractivity contribution is -0.139. The highest BCUT2D eigenvalue weighted by Crippen LogP contribution is 2.23. The van der Waals surface area contributed by atoms with E-state index in [2.05, 4.69) is 5.32 Å². The van der Waals surface area contributed by atoms with Crippen molar-refractivity contribution in [3.05, 3.63) is 59.1 Å². The first-order valence-electron chi connectivity index (χ1n) is 10.4. The van der Waals surface area contributed by atoms with Gasteiger partial charge in [0.15, 0.2) is 0 Å². The van der Waals surface area contributed by atoms with Gasteiger partial charge in [-0.15, -0.1) is 0 Å². The zero-order chi connectivity index (χ0) is 24.8. The fourth-order valence-electron chi connectivity index (χ4n) is 3.20. The van der Waals surface area contributed by atoms with E-state index in [4.69, 9.17) is 16.3 Å². The molecule has 0 aliphatic rings. The average molecular weight is 496 g/mol. The van der Waals surface area contributed by atoms with Crippen LogP contribution in [0.15, 0.2) is 48.5 Å². The van der Waals surface area contributed by atoms with E-state index < -0.39 is 28.5 Å². The summed E-state index contributed by atoms with van der Waals surface area (Å²) >= 11 is 6.03. The number of hydrogen-bond acceptors (Lipinski definition) is 5. The Kier molecular flexibility index (Phi) is 9.13. The molecule has 2 aromatic carbocycles. The minimum absolute atomic E-state index is 0.0931. The van der Waals surface area contributed by atoms with Crippen LogP contribution in [0.5, 0.6) is 5.75 Å². The van der Waals surface area contributed by atoms with Gasteiger partial charge < -0.3 is 15.0 Å². The zero-order valence-electron chi connectivity index (χ0n) is 19.4. The van der Waals surface area contributed by atoms with Crippen molar-refractivity contribution >= 4 is 39.1 Å². The van der Waals surface area contributed by atoms with Gasteiger partial charge in [0.25, 0.3) is 0 Å². The molecule has 2 amide bonds. The third-order valence-corrected chi connectivity index (χ3v) is 6.24. The number of carbonyl (C=O) groups is 2. The molecule has 1 atom stereocenters. The Morgan fingerprint density at radius 2 is 1.76 bits per heavy atom. The third-order valence-electron chi connectivity index (χ3n) is 4.86. The Morgan fingerprint density at radius 1 is 1.09 bits per heavy atom. The number of nitrogens with one attached hydrogen (secondary N) is 1. The van der Waals surface area contributed by atoms with Crippen LogP contribution in [-0.2, 0) is 26.2 Å². The smallest absolute Gasteiger partial charge is 0.244 e. The molecule has 8 nitrogen and oxygen atoms in total. The first-order valence-corrected chi connectivity index (χ1v) is 12.6. The number of amides is 2. The van der Waals surface area contributed by atoms with Crippen LogP contribution in [0, 0.1) is 0 Å². The van der Waals surface area contributed by atoms with Gasteiger partial charge in [-0.05, 0) is 56.7 Å². The van der Waals surface area contributed by atoms with Crippen molar-refractivity contribution in [2.45, 2.75) is 39.4 Å². The van der Waals surface area contributed by atoms with E-state index in [-0.39, 0.29) is 24.2 Å². The number of benzene rings is 2. The van der Waals surface area contributed by atoms with Crippen LogP contribution in [0.1, 0.15) is 26.3 Å². The Hall–Kier alpha value is -2.78. The van der Waals surface area contributed by atoms with Crippen LogP contribution >= 0.6 is 11.6 Å². The van der Waals surface area contributed by atoms with Gasteiger partial charge in [-0.2, -0.15) is 0 Å². The number of hydrogen-bond donors (Lipinski definition) is 1. The molecule has 0 unspecified atom stereocenters. The van der Waals surface area contributed by atoms with E-state index in [1.807, 2.05) is 13.8 Å². The van der Waals surface area contributed by atoms with Crippen molar-refractivity contribution in [3.63, 3.8) is 0 Å². The van der Waals surface area contributed by atoms with Gasteiger partial charge in [-0.1, -0.05) is 29.8 Å².